The van der Waals surface area contributed by atoms with E-state index in [2.05, 4.69) is 32.0 Å². The molecule has 0 saturated carbocycles. The Labute approximate surface area is 73.2 Å². The fourth-order valence-electron chi connectivity index (χ4n) is 1.13. The van der Waals surface area contributed by atoms with Crippen LogP contribution in [0.25, 0.3) is 0 Å². The molecule has 0 aliphatic rings. The summed E-state index contributed by atoms with van der Waals surface area (Å²) in [7, 11) is 0. The lowest BCUT2D eigenvalue weighted by molar-refractivity contribution is 1.12. The molecule has 0 spiro atoms. The Kier molecular flexibility index (Phi) is 2.95. The van der Waals surface area contributed by atoms with E-state index in [0.717, 1.165) is 6.42 Å². The maximum absolute atomic E-state index is 5.73. The van der Waals surface area contributed by atoms with Crippen LogP contribution in [-0.4, -0.2) is 0 Å². The van der Waals surface area contributed by atoms with Crippen molar-refractivity contribution in [2.75, 3.05) is 0 Å². The van der Waals surface area contributed by atoms with Gasteiger partial charge in [-0.25, -0.2) is 0 Å². The first-order valence-corrected chi connectivity index (χ1v) is 4.45. The van der Waals surface area contributed by atoms with Gasteiger partial charge in [-0.2, -0.15) is 0 Å². The van der Waals surface area contributed by atoms with Crippen molar-refractivity contribution in [2.45, 2.75) is 26.1 Å². The van der Waals surface area contributed by atoms with Crippen molar-refractivity contribution in [2.24, 2.45) is 0 Å². The molecule has 11 heavy (non-hydrogen) atoms. The molecule has 0 fully saturated rings. The van der Waals surface area contributed by atoms with Gasteiger partial charge in [0.1, 0.15) is 0 Å². The van der Waals surface area contributed by atoms with E-state index in [-0.39, 0.29) is 0 Å². The third kappa shape index (κ3) is 1.97. The summed E-state index contributed by atoms with van der Waals surface area (Å²) in [4.78, 5) is 0. The molecule has 0 nitrogen and oxygen atoms in total. The Hall–Kier alpha value is -0.490. The first kappa shape index (κ1) is 8.61. The lowest BCUT2D eigenvalue weighted by atomic mass is 10.1. The van der Waals surface area contributed by atoms with Crippen LogP contribution in [0.1, 0.15) is 23.6 Å². The minimum atomic E-state index is 0.621. The number of hydrogen-bond donors (Lipinski definition) is 0. The SMILES string of the molecule is CCc1ccc(CCl)c(C)c1. The number of halogens is 1. The number of aryl methyl sites for hydroxylation is 2. The molecule has 1 aromatic carbocycles. The van der Waals surface area contributed by atoms with Gasteiger partial charge in [0.25, 0.3) is 0 Å². The number of rotatable bonds is 2. The van der Waals surface area contributed by atoms with E-state index in [0.29, 0.717) is 5.88 Å². The summed E-state index contributed by atoms with van der Waals surface area (Å²) in [6.07, 6.45) is 1.10. The van der Waals surface area contributed by atoms with Crippen LogP contribution in [0, 0.1) is 6.92 Å². The molecule has 0 aliphatic carbocycles. The topological polar surface area (TPSA) is 0 Å². The average Bonchev–Trinajstić information content (AvgIpc) is 2.04. The minimum Gasteiger partial charge on any atom is -0.122 e. The number of benzene rings is 1. The second kappa shape index (κ2) is 3.77. The molecule has 1 rings (SSSR count). The van der Waals surface area contributed by atoms with Crippen molar-refractivity contribution >= 4 is 11.6 Å². The molecular formula is C10H13Cl. The summed E-state index contributed by atoms with van der Waals surface area (Å²) in [6, 6.07) is 6.46. The molecule has 0 N–H and O–H groups in total. The van der Waals surface area contributed by atoms with Crippen molar-refractivity contribution in [1.82, 2.24) is 0 Å². The molecule has 0 bridgehead atoms. The maximum atomic E-state index is 5.73. The Morgan fingerprint density at radius 1 is 1.36 bits per heavy atom. The van der Waals surface area contributed by atoms with Gasteiger partial charge in [-0.05, 0) is 30.0 Å². The van der Waals surface area contributed by atoms with Crippen molar-refractivity contribution in [3.63, 3.8) is 0 Å². The lowest BCUT2D eigenvalue weighted by Gasteiger charge is -2.03. The molecule has 1 heteroatoms. The molecular weight excluding hydrogens is 156 g/mol. The van der Waals surface area contributed by atoms with Crippen LogP contribution in [0.4, 0.5) is 0 Å². The first-order chi connectivity index (χ1) is 5.27. The Morgan fingerprint density at radius 3 is 2.55 bits per heavy atom. The van der Waals surface area contributed by atoms with E-state index in [9.17, 15) is 0 Å². The number of hydrogen-bond acceptors (Lipinski definition) is 0. The summed E-state index contributed by atoms with van der Waals surface area (Å²) in [5, 5.41) is 0. The third-order valence-corrected chi connectivity index (χ3v) is 2.25. The van der Waals surface area contributed by atoms with Gasteiger partial charge in [0.05, 0.1) is 0 Å². The Balaban J connectivity index is 2.99. The van der Waals surface area contributed by atoms with Crippen LogP contribution in [0.15, 0.2) is 18.2 Å². The van der Waals surface area contributed by atoms with Gasteiger partial charge in [0.15, 0.2) is 0 Å². The zero-order valence-electron chi connectivity index (χ0n) is 7.02. The van der Waals surface area contributed by atoms with E-state index in [1.54, 1.807) is 0 Å². The molecule has 0 unspecified atom stereocenters. The van der Waals surface area contributed by atoms with Crippen LogP contribution >= 0.6 is 11.6 Å². The van der Waals surface area contributed by atoms with Crippen LogP contribution in [0.2, 0.25) is 0 Å². The van der Waals surface area contributed by atoms with Gasteiger partial charge in [-0.15, -0.1) is 11.6 Å². The highest BCUT2D eigenvalue weighted by Gasteiger charge is 1.96. The highest BCUT2D eigenvalue weighted by molar-refractivity contribution is 6.17. The summed E-state index contributed by atoms with van der Waals surface area (Å²) < 4.78 is 0. The molecule has 0 heterocycles. The molecule has 0 amide bonds. The fourth-order valence-corrected chi connectivity index (χ4v) is 1.43. The maximum Gasteiger partial charge on any atom is 0.0476 e. The summed E-state index contributed by atoms with van der Waals surface area (Å²) in [5.41, 5.74) is 3.93. The number of alkyl halides is 1. The van der Waals surface area contributed by atoms with Gasteiger partial charge in [0.2, 0.25) is 0 Å². The zero-order chi connectivity index (χ0) is 8.27. The molecule has 60 valence electrons. The quantitative estimate of drug-likeness (QED) is 0.595. The van der Waals surface area contributed by atoms with Crippen molar-refractivity contribution in [3.05, 3.63) is 34.9 Å². The van der Waals surface area contributed by atoms with Crippen LogP contribution in [-0.2, 0) is 12.3 Å². The van der Waals surface area contributed by atoms with Crippen LogP contribution in [0.3, 0.4) is 0 Å². The van der Waals surface area contributed by atoms with E-state index in [1.165, 1.54) is 16.7 Å². The van der Waals surface area contributed by atoms with E-state index >= 15 is 0 Å². The molecule has 0 atom stereocenters. The first-order valence-electron chi connectivity index (χ1n) is 3.92. The second-order valence-corrected chi connectivity index (χ2v) is 3.02. The predicted octanol–water partition coefficient (Wildman–Crippen LogP) is 3.30. The molecule has 0 radical (unpaired) electrons. The van der Waals surface area contributed by atoms with Gasteiger partial charge in [-0.3, -0.25) is 0 Å². The summed E-state index contributed by atoms with van der Waals surface area (Å²) >= 11 is 5.73. The largest absolute Gasteiger partial charge is 0.122 e. The average molecular weight is 169 g/mol. The third-order valence-electron chi connectivity index (χ3n) is 1.96. The summed E-state index contributed by atoms with van der Waals surface area (Å²) in [5.74, 6) is 0.621. The second-order valence-electron chi connectivity index (χ2n) is 2.75. The van der Waals surface area contributed by atoms with Crippen molar-refractivity contribution in [3.8, 4) is 0 Å². The monoisotopic (exact) mass is 168 g/mol. The van der Waals surface area contributed by atoms with Gasteiger partial charge >= 0.3 is 0 Å². The van der Waals surface area contributed by atoms with Crippen molar-refractivity contribution in [1.29, 1.82) is 0 Å². The van der Waals surface area contributed by atoms with E-state index in [1.807, 2.05) is 0 Å². The standard InChI is InChI=1S/C10H13Cl/c1-3-9-4-5-10(7-11)8(2)6-9/h4-6H,3,7H2,1-2H3. The van der Waals surface area contributed by atoms with E-state index < -0.39 is 0 Å². The fraction of sp³-hybridized carbons (Fsp3) is 0.400. The lowest BCUT2D eigenvalue weighted by Crippen LogP contribution is -1.87. The van der Waals surface area contributed by atoms with Gasteiger partial charge in [-0.1, -0.05) is 25.1 Å². The van der Waals surface area contributed by atoms with Crippen LogP contribution in [0.5, 0.6) is 0 Å². The molecule has 0 aromatic heterocycles. The zero-order valence-corrected chi connectivity index (χ0v) is 7.78. The Morgan fingerprint density at radius 2 is 2.09 bits per heavy atom. The smallest absolute Gasteiger partial charge is 0.0476 e. The molecule has 0 saturated heterocycles. The van der Waals surface area contributed by atoms with E-state index in [4.69, 9.17) is 11.6 Å². The van der Waals surface area contributed by atoms with Crippen LogP contribution < -0.4 is 0 Å². The van der Waals surface area contributed by atoms with Crippen molar-refractivity contribution < 1.29 is 0 Å². The molecule has 1 aromatic rings. The minimum absolute atomic E-state index is 0.621. The predicted molar refractivity (Wildman–Crippen MR) is 50.1 cm³/mol. The molecule has 0 aliphatic heterocycles. The Bertz CT molecular complexity index is 241. The summed E-state index contributed by atoms with van der Waals surface area (Å²) in [6.45, 7) is 4.27. The van der Waals surface area contributed by atoms with Gasteiger partial charge < -0.3 is 0 Å². The highest BCUT2D eigenvalue weighted by atomic mass is 35.5. The highest BCUT2D eigenvalue weighted by Crippen LogP contribution is 2.13. The van der Waals surface area contributed by atoms with Gasteiger partial charge in [0, 0.05) is 5.88 Å². The normalized spacial score (nSPS) is 10.1.